The monoisotopic (exact) mass is 284 g/mol. The molecule has 0 fully saturated rings. The molecule has 0 aliphatic rings. The minimum absolute atomic E-state index is 0.244. The van der Waals surface area contributed by atoms with Crippen LogP contribution in [0.3, 0.4) is 0 Å². The van der Waals surface area contributed by atoms with Gasteiger partial charge in [0.2, 0.25) is 10.0 Å². The molecule has 1 aromatic rings. The number of hydrogen-bond acceptors (Lipinski definition) is 4. The average molecular weight is 284 g/mol. The Morgan fingerprint density at radius 1 is 1.33 bits per heavy atom. The Morgan fingerprint density at radius 3 is 2.56 bits per heavy atom. The van der Waals surface area contributed by atoms with Crippen LogP contribution in [0.2, 0.25) is 0 Å². The van der Waals surface area contributed by atoms with Crippen molar-refractivity contribution in [2.24, 2.45) is 0 Å². The van der Waals surface area contributed by atoms with Crippen LogP contribution in [-0.2, 0) is 16.4 Å². The van der Waals surface area contributed by atoms with Crippen LogP contribution in [0.25, 0.3) is 0 Å². The number of nitrogens with zero attached hydrogens (tertiary/aromatic N) is 1. The Labute approximate surface area is 112 Å². The summed E-state index contributed by atoms with van der Waals surface area (Å²) in [4.78, 5) is 0.244. The fourth-order valence-electron chi connectivity index (χ4n) is 1.38. The minimum Gasteiger partial charge on any atom is -0.211 e. The smallest absolute Gasteiger partial charge is 0.211 e. The molecule has 0 unspecified atom stereocenters. The van der Waals surface area contributed by atoms with Gasteiger partial charge in [0.25, 0.3) is 0 Å². The predicted molar refractivity (Wildman–Crippen MR) is 73.9 cm³/mol. The molecular weight excluding hydrogens is 268 g/mol. The molecule has 1 rings (SSSR count). The van der Waals surface area contributed by atoms with Crippen molar-refractivity contribution >= 4 is 21.8 Å². The molecule has 1 aromatic carbocycles. The van der Waals surface area contributed by atoms with Crippen LogP contribution < -0.4 is 4.72 Å². The second-order valence-electron chi connectivity index (χ2n) is 3.72. The summed E-state index contributed by atoms with van der Waals surface area (Å²) in [6.45, 7) is 0.448. The lowest BCUT2D eigenvalue weighted by Crippen LogP contribution is -2.25. The Balaban J connectivity index is 2.64. The van der Waals surface area contributed by atoms with Gasteiger partial charge in [-0.25, -0.2) is 13.1 Å². The quantitative estimate of drug-likeness (QED) is 0.775. The summed E-state index contributed by atoms with van der Waals surface area (Å²) in [5.74, 6) is 0.934. The van der Waals surface area contributed by atoms with Crippen molar-refractivity contribution in [1.82, 2.24) is 4.72 Å². The molecule has 0 amide bonds. The van der Waals surface area contributed by atoms with Gasteiger partial charge in [0.1, 0.15) is 0 Å². The van der Waals surface area contributed by atoms with E-state index in [1.807, 2.05) is 12.3 Å². The first-order chi connectivity index (χ1) is 8.60. The van der Waals surface area contributed by atoms with Gasteiger partial charge < -0.3 is 0 Å². The summed E-state index contributed by atoms with van der Waals surface area (Å²) >= 11 is 1.69. The topological polar surface area (TPSA) is 70.0 Å². The van der Waals surface area contributed by atoms with Crippen molar-refractivity contribution in [2.45, 2.75) is 17.7 Å². The highest BCUT2D eigenvalue weighted by Crippen LogP contribution is 2.10. The first kappa shape index (κ1) is 15.0. The number of rotatable bonds is 7. The molecule has 1 N–H and O–H groups in total. The number of thioether (sulfide) groups is 1. The third kappa shape index (κ3) is 4.69. The lowest BCUT2D eigenvalue weighted by Gasteiger charge is -2.06. The van der Waals surface area contributed by atoms with Crippen molar-refractivity contribution in [3.8, 4) is 6.07 Å². The zero-order chi connectivity index (χ0) is 13.4. The summed E-state index contributed by atoms with van der Waals surface area (Å²) in [6.07, 6.45) is 3.09. The van der Waals surface area contributed by atoms with Gasteiger partial charge >= 0.3 is 0 Å². The van der Waals surface area contributed by atoms with E-state index < -0.39 is 10.0 Å². The number of hydrogen-bond donors (Lipinski definition) is 1. The van der Waals surface area contributed by atoms with Gasteiger partial charge in [0, 0.05) is 6.54 Å². The zero-order valence-corrected chi connectivity index (χ0v) is 11.9. The van der Waals surface area contributed by atoms with E-state index in [4.69, 9.17) is 5.26 Å². The molecule has 0 radical (unpaired) electrons. The highest BCUT2D eigenvalue weighted by atomic mass is 32.2. The van der Waals surface area contributed by atoms with Gasteiger partial charge in [0.05, 0.1) is 17.4 Å². The number of benzene rings is 1. The molecule has 0 bridgehead atoms. The van der Waals surface area contributed by atoms with Crippen molar-refractivity contribution in [3.63, 3.8) is 0 Å². The Hall–Kier alpha value is -1.03. The summed E-state index contributed by atoms with van der Waals surface area (Å²) in [7, 11) is -3.41. The Bertz CT molecular complexity index is 504. The zero-order valence-electron chi connectivity index (χ0n) is 10.2. The van der Waals surface area contributed by atoms with Crippen LogP contribution in [0, 0.1) is 11.3 Å². The maximum Gasteiger partial charge on any atom is 0.240 e. The molecule has 0 atom stereocenters. The first-order valence-electron chi connectivity index (χ1n) is 5.54. The molecular formula is C12H16N2O2S2. The minimum atomic E-state index is -3.41. The Morgan fingerprint density at radius 2 is 2.00 bits per heavy atom. The van der Waals surface area contributed by atoms with Gasteiger partial charge in [-0.2, -0.15) is 17.0 Å². The van der Waals surface area contributed by atoms with Crippen LogP contribution in [0.5, 0.6) is 0 Å². The highest BCUT2D eigenvalue weighted by Gasteiger charge is 2.12. The van der Waals surface area contributed by atoms with Gasteiger partial charge in [-0.15, -0.1) is 0 Å². The van der Waals surface area contributed by atoms with Crippen LogP contribution >= 0.6 is 11.8 Å². The average Bonchev–Trinajstić information content (AvgIpc) is 2.36. The van der Waals surface area contributed by atoms with Gasteiger partial charge in [-0.1, -0.05) is 12.1 Å². The van der Waals surface area contributed by atoms with Gasteiger partial charge in [0.15, 0.2) is 0 Å². The summed E-state index contributed by atoms with van der Waals surface area (Å²) in [5.41, 5.74) is 0.818. The summed E-state index contributed by atoms with van der Waals surface area (Å²) < 4.78 is 26.3. The van der Waals surface area contributed by atoms with Crippen LogP contribution in [0.1, 0.15) is 12.0 Å². The second kappa shape index (κ2) is 7.41. The van der Waals surface area contributed by atoms with Crippen molar-refractivity contribution in [2.75, 3.05) is 18.6 Å². The molecule has 0 aliphatic heterocycles. The van der Waals surface area contributed by atoms with Crippen molar-refractivity contribution < 1.29 is 8.42 Å². The fourth-order valence-corrected chi connectivity index (χ4v) is 2.89. The number of nitriles is 1. The molecule has 0 aliphatic carbocycles. The Kier molecular flexibility index (Phi) is 6.19. The molecule has 0 heterocycles. The lowest BCUT2D eigenvalue weighted by atomic mass is 10.2. The normalized spacial score (nSPS) is 11.1. The number of nitrogens with one attached hydrogen (secondary N) is 1. The molecule has 0 aromatic heterocycles. The van der Waals surface area contributed by atoms with Crippen LogP contribution in [0.15, 0.2) is 29.2 Å². The molecule has 0 saturated carbocycles. The van der Waals surface area contributed by atoms with E-state index in [-0.39, 0.29) is 4.90 Å². The standard InChI is InChI=1S/C12H16N2O2S2/c1-17-10-2-9-14-18(15,16)12-5-3-11(4-6-12)7-8-13/h3-6,14H,2,7,9-10H2,1H3. The van der Waals surface area contributed by atoms with Crippen LogP contribution in [-0.4, -0.2) is 27.0 Å². The maximum atomic E-state index is 11.9. The van der Waals surface area contributed by atoms with Crippen LogP contribution in [0.4, 0.5) is 0 Å². The molecule has 6 heteroatoms. The first-order valence-corrected chi connectivity index (χ1v) is 8.42. The summed E-state index contributed by atoms with van der Waals surface area (Å²) in [6, 6.07) is 8.42. The van der Waals surface area contributed by atoms with Gasteiger partial charge in [-0.05, 0) is 36.1 Å². The van der Waals surface area contributed by atoms with E-state index in [1.165, 1.54) is 12.1 Å². The third-order valence-electron chi connectivity index (χ3n) is 2.33. The fraction of sp³-hybridized carbons (Fsp3) is 0.417. The van der Waals surface area contributed by atoms with E-state index >= 15 is 0 Å². The van der Waals surface area contributed by atoms with E-state index in [2.05, 4.69) is 4.72 Å². The lowest BCUT2D eigenvalue weighted by molar-refractivity contribution is 0.581. The molecule has 98 valence electrons. The molecule has 18 heavy (non-hydrogen) atoms. The van der Waals surface area contributed by atoms with Crippen molar-refractivity contribution in [3.05, 3.63) is 29.8 Å². The molecule has 0 spiro atoms. The maximum absolute atomic E-state index is 11.9. The van der Waals surface area contributed by atoms with Crippen molar-refractivity contribution in [1.29, 1.82) is 5.26 Å². The third-order valence-corrected chi connectivity index (χ3v) is 4.51. The molecule has 0 saturated heterocycles. The van der Waals surface area contributed by atoms with E-state index in [0.29, 0.717) is 13.0 Å². The molecule has 4 nitrogen and oxygen atoms in total. The van der Waals surface area contributed by atoms with Gasteiger partial charge in [-0.3, -0.25) is 0 Å². The predicted octanol–water partition coefficient (Wildman–Crippen LogP) is 1.78. The largest absolute Gasteiger partial charge is 0.240 e. The SMILES string of the molecule is CSCCCNS(=O)(=O)c1ccc(CC#N)cc1. The highest BCUT2D eigenvalue weighted by molar-refractivity contribution is 7.98. The second-order valence-corrected chi connectivity index (χ2v) is 6.48. The summed E-state index contributed by atoms with van der Waals surface area (Å²) in [5, 5.41) is 8.53. The van der Waals surface area contributed by atoms with E-state index in [9.17, 15) is 8.42 Å². The van der Waals surface area contributed by atoms with E-state index in [0.717, 1.165) is 17.7 Å². The van der Waals surface area contributed by atoms with E-state index in [1.54, 1.807) is 23.9 Å². The number of sulfonamides is 1.